The van der Waals surface area contributed by atoms with Crippen molar-refractivity contribution in [1.29, 1.82) is 0 Å². The van der Waals surface area contributed by atoms with Crippen molar-refractivity contribution in [3.8, 4) is 5.75 Å². The van der Waals surface area contributed by atoms with Crippen LogP contribution in [0.25, 0.3) is 0 Å². The van der Waals surface area contributed by atoms with Crippen LogP contribution in [0.4, 0.5) is 0 Å². The van der Waals surface area contributed by atoms with Gasteiger partial charge in [0.25, 0.3) is 0 Å². The molecule has 0 saturated carbocycles. The highest BCUT2D eigenvalue weighted by molar-refractivity contribution is 5.77. The predicted molar refractivity (Wildman–Crippen MR) is 72.6 cm³/mol. The van der Waals surface area contributed by atoms with E-state index in [2.05, 4.69) is 0 Å². The van der Waals surface area contributed by atoms with E-state index in [0.717, 1.165) is 12.7 Å². The zero-order valence-electron chi connectivity index (χ0n) is 11.6. The second-order valence-electron chi connectivity index (χ2n) is 5.26. The van der Waals surface area contributed by atoms with Gasteiger partial charge < -0.3 is 9.84 Å². The summed E-state index contributed by atoms with van der Waals surface area (Å²) in [5.41, 5.74) is -0.709. The highest BCUT2D eigenvalue weighted by Gasteiger charge is 2.35. The number of rotatable bonds is 7. The minimum atomic E-state index is -1.24. The van der Waals surface area contributed by atoms with Crippen molar-refractivity contribution < 1.29 is 19.4 Å². The lowest BCUT2D eigenvalue weighted by Crippen LogP contribution is -2.41. The van der Waals surface area contributed by atoms with E-state index in [1.165, 1.54) is 0 Å². The van der Waals surface area contributed by atoms with Crippen LogP contribution in [-0.2, 0) is 4.79 Å². The number of carboxylic acid groups (broad SMARTS) is 1. The van der Waals surface area contributed by atoms with E-state index in [-0.39, 0.29) is 0 Å². The van der Waals surface area contributed by atoms with Gasteiger partial charge in [-0.05, 0) is 49.9 Å². The van der Waals surface area contributed by atoms with Gasteiger partial charge in [0.15, 0.2) is 0 Å². The number of benzene rings is 1. The Kier molecular flexibility index (Phi) is 5.10. The normalized spacial score (nSPS) is 13.9. The number of ether oxygens (including phenoxy) is 1. The van der Waals surface area contributed by atoms with Gasteiger partial charge in [-0.15, -0.1) is 0 Å². The van der Waals surface area contributed by atoms with Crippen LogP contribution in [0.2, 0.25) is 0 Å². The van der Waals surface area contributed by atoms with Crippen LogP contribution >= 0.6 is 0 Å². The van der Waals surface area contributed by atoms with E-state index in [4.69, 9.17) is 4.74 Å². The fraction of sp³-hybridized carbons (Fsp3) is 0.467. The highest BCUT2D eigenvalue weighted by atomic mass is 16.5. The van der Waals surface area contributed by atoms with Crippen molar-refractivity contribution in [3.63, 3.8) is 0 Å². The molecule has 1 rings (SSSR count). The maximum atomic E-state index is 11.4. The Hall–Kier alpha value is -1.84. The Morgan fingerprint density at radius 3 is 2.37 bits per heavy atom. The quantitative estimate of drug-likeness (QED) is 0.768. The first-order valence-electron chi connectivity index (χ1n) is 6.35. The lowest BCUT2D eigenvalue weighted by molar-refractivity contribution is -0.154. The van der Waals surface area contributed by atoms with E-state index in [1.807, 2.05) is 13.8 Å². The first-order chi connectivity index (χ1) is 8.87. The van der Waals surface area contributed by atoms with E-state index in [0.29, 0.717) is 23.7 Å². The minimum Gasteiger partial charge on any atom is -0.478 e. The number of carbonyl (C=O) groups excluding carboxylic acids is 1. The SMILES string of the molecule is CC(C)CCC(C)(Oc1ccc(C=O)cc1)C(=O)O. The molecule has 4 heteroatoms. The molecule has 1 unspecified atom stereocenters. The number of aldehydes is 1. The second kappa shape index (κ2) is 6.36. The molecule has 0 radical (unpaired) electrons. The molecule has 1 aromatic rings. The van der Waals surface area contributed by atoms with Crippen LogP contribution in [0.5, 0.6) is 5.75 Å². The maximum absolute atomic E-state index is 11.4. The molecular weight excluding hydrogens is 244 g/mol. The smallest absolute Gasteiger partial charge is 0.347 e. The Labute approximate surface area is 113 Å². The summed E-state index contributed by atoms with van der Waals surface area (Å²) in [5.74, 6) is -0.105. The Morgan fingerprint density at radius 1 is 1.37 bits per heavy atom. The van der Waals surface area contributed by atoms with Crippen molar-refractivity contribution in [2.45, 2.75) is 39.2 Å². The molecule has 0 aromatic heterocycles. The molecule has 0 aliphatic heterocycles. The summed E-state index contributed by atoms with van der Waals surface area (Å²) in [5, 5.41) is 9.33. The van der Waals surface area contributed by atoms with Crippen LogP contribution in [-0.4, -0.2) is 23.0 Å². The van der Waals surface area contributed by atoms with E-state index in [1.54, 1.807) is 31.2 Å². The van der Waals surface area contributed by atoms with Crippen LogP contribution in [0.1, 0.15) is 44.0 Å². The van der Waals surface area contributed by atoms with Crippen molar-refractivity contribution in [3.05, 3.63) is 29.8 Å². The molecular formula is C15H20O4. The number of carbonyl (C=O) groups is 2. The molecule has 0 bridgehead atoms. The number of hydrogen-bond acceptors (Lipinski definition) is 3. The molecule has 4 nitrogen and oxygen atoms in total. The molecule has 0 spiro atoms. The lowest BCUT2D eigenvalue weighted by Gasteiger charge is -2.27. The third-order valence-electron chi connectivity index (χ3n) is 3.01. The molecule has 1 aromatic carbocycles. The summed E-state index contributed by atoms with van der Waals surface area (Å²) in [6, 6.07) is 6.43. The van der Waals surface area contributed by atoms with Crippen LogP contribution in [0.3, 0.4) is 0 Å². The van der Waals surface area contributed by atoms with Gasteiger partial charge in [-0.3, -0.25) is 4.79 Å². The number of hydrogen-bond donors (Lipinski definition) is 1. The fourth-order valence-electron chi connectivity index (χ4n) is 1.64. The van der Waals surface area contributed by atoms with Crippen LogP contribution in [0, 0.1) is 5.92 Å². The van der Waals surface area contributed by atoms with Crippen LogP contribution < -0.4 is 4.74 Å². The van der Waals surface area contributed by atoms with Gasteiger partial charge in [0.2, 0.25) is 5.60 Å². The van der Waals surface area contributed by atoms with Gasteiger partial charge in [-0.2, -0.15) is 0 Å². The first-order valence-corrected chi connectivity index (χ1v) is 6.35. The van der Waals surface area contributed by atoms with E-state index < -0.39 is 11.6 Å². The van der Waals surface area contributed by atoms with Crippen molar-refractivity contribution in [2.75, 3.05) is 0 Å². The van der Waals surface area contributed by atoms with Gasteiger partial charge in [0.1, 0.15) is 12.0 Å². The molecule has 0 aliphatic rings. The fourth-order valence-corrected chi connectivity index (χ4v) is 1.64. The Balaban J connectivity index is 2.81. The predicted octanol–water partition coefficient (Wildman–Crippen LogP) is 3.16. The summed E-state index contributed by atoms with van der Waals surface area (Å²) in [4.78, 5) is 21.9. The Morgan fingerprint density at radius 2 is 1.95 bits per heavy atom. The third kappa shape index (κ3) is 4.39. The standard InChI is InChI=1S/C15H20O4/c1-11(2)8-9-15(3,14(17)18)19-13-6-4-12(10-16)5-7-13/h4-7,10-11H,8-9H2,1-3H3,(H,17,18). The minimum absolute atomic E-state index is 0.416. The summed E-state index contributed by atoms with van der Waals surface area (Å²) < 4.78 is 5.60. The largest absolute Gasteiger partial charge is 0.478 e. The van der Waals surface area contributed by atoms with Gasteiger partial charge in [0, 0.05) is 5.56 Å². The number of carboxylic acids is 1. The number of aliphatic carboxylic acids is 1. The monoisotopic (exact) mass is 264 g/mol. The summed E-state index contributed by atoms with van der Waals surface area (Å²) in [6.07, 6.45) is 1.95. The zero-order chi connectivity index (χ0) is 14.5. The first kappa shape index (κ1) is 15.2. The average Bonchev–Trinajstić information content (AvgIpc) is 2.37. The zero-order valence-corrected chi connectivity index (χ0v) is 11.6. The molecule has 0 fully saturated rings. The summed E-state index contributed by atoms with van der Waals surface area (Å²) in [7, 11) is 0. The van der Waals surface area contributed by atoms with Gasteiger partial charge in [-0.1, -0.05) is 13.8 Å². The van der Waals surface area contributed by atoms with Crippen LogP contribution in [0.15, 0.2) is 24.3 Å². The Bertz CT molecular complexity index is 436. The molecule has 0 saturated heterocycles. The summed E-state index contributed by atoms with van der Waals surface area (Å²) in [6.45, 7) is 5.66. The molecule has 1 N–H and O–H groups in total. The topological polar surface area (TPSA) is 63.6 Å². The molecule has 19 heavy (non-hydrogen) atoms. The third-order valence-corrected chi connectivity index (χ3v) is 3.01. The van der Waals surface area contributed by atoms with Gasteiger partial charge >= 0.3 is 5.97 Å². The average molecular weight is 264 g/mol. The van der Waals surface area contributed by atoms with E-state index in [9.17, 15) is 14.7 Å². The maximum Gasteiger partial charge on any atom is 0.347 e. The molecule has 104 valence electrons. The lowest BCUT2D eigenvalue weighted by atomic mass is 9.95. The van der Waals surface area contributed by atoms with E-state index >= 15 is 0 Å². The van der Waals surface area contributed by atoms with Gasteiger partial charge in [0.05, 0.1) is 0 Å². The molecule has 1 atom stereocenters. The summed E-state index contributed by atoms with van der Waals surface area (Å²) >= 11 is 0. The van der Waals surface area contributed by atoms with Crippen molar-refractivity contribution in [1.82, 2.24) is 0 Å². The molecule has 0 heterocycles. The van der Waals surface area contributed by atoms with Gasteiger partial charge in [-0.25, -0.2) is 4.79 Å². The van der Waals surface area contributed by atoms with Crippen molar-refractivity contribution in [2.24, 2.45) is 5.92 Å². The second-order valence-corrected chi connectivity index (χ2v) is 5.26. The molecule has 0 amide bonds. The van der Waals surface area contributed by atoms with Crippen molar-refractivity contribution >= 4 is 12.3 Å². The highest BCUT2D eigenvalue weighted by Crippen LogP contribution is 2.25. The molecule has 0 aliphatic carbocycles.